The lowest BCUT2D eigenvalue weighted by atomic mass is 10.0. The lowest BCUT2D eigenvalue weighted by Gasteiger charge is -2.35. The molecule has 2 heterocycles. The van der Waals surface area contributed by atoms with E-state index in [1.807, 2.05) is 0 Å². The summed E-state index contributed by atoms with van der Waals surface area (Å²) in [6.07, 6.45) is 1.45. The van der Waals surface area contributed by atoms with Gasteiger partial charge in [-0.3, -0.25) is 4.79 Å². The van der Waals surface area contributed by atoms with Crippen molar-refractivity contribution in [3.05, 3.63) is 29.0 Å². The minimum atomic E-state index is -0.0920. The summed E-state index contributed by atoms with van der Waals surface area (Å²) in [6, 6.07) is 5.33. The van der Waals surface area contributed by atoms with Crippen molar-refractivity contribution in [3.63, 3.8) is 0 Å². The lowest BCUT2D eigenvalue weighted by Crippen LogP contribution is -2.49. The predicted molar refractivity (Wildman–Crippen MR) is 54.3 cm³/mol. The Bertz CT molecular complexity index is 417. The molecule has 0 atom stereocenters. The Morgan fingerprint density at radius 3 is 2.87 bits per heavy atom. The van der Waals surface area contributed by atoms with Crippen LogP contribution < -0.4 is 0 Å². The van der Waals surface area contributed by atoms with E-state index in [2.05, 4.69) is 11.1 Å². The van der Waals surface area contributed by atoms with Crippen molar-refractivity contribution in [2.75, 3.05) is 13.1 Å². The van der Waals surface area contributed by atoms with Crippen LogP contribution in [-0.4, -0.2) is 28.9 Å². The highest BCUT2D eigenvalue weighted by atomic mass is 35.5. The summed E-state index contributed by atoms with van der Waals surface area (Å²) in [6.45, 7) is 1.02. The molecule has 0 radical (unpaired) electrons. The molecular formula is C10H8ClN3O. The summed E-state index contributed by atoms with van der Waals surface area (Å²) in [5.41, 5.74) is 0.510. The van der Waals surface area contributed by atoms with Crippen LogP contribution in [0, 0.1) is 17.2 Å². The predicted octanol–water partition coefficient (Wildman–Crippen LogP) is 1.33. The summed E-state index contributed by atoms with van der Waals surface area (Å²) in [5.74, 6) is -0.111. The maximum Gasteiger partial charge on any atom is 0.255 e. The quantitative estimate of drug-likeness (QED) is 0.673. The Labute approximate surface area is 92.1 Å². The van der Waals surface area contributed by atoms with Gasteiger partial charge in [0.1, 0.15) is 5.15 Å². The minimum Gasteiger partial charge on any atom is -0.336 e. The average Bonchev–Trinajstić information content (AvgIpc) is 2.17. The first-order chi connectivity index (χ1) is 7.20. The van der Waals surface area contributed by atoms with Crippen LogP contribution in [-0.2, 0) is 0 Å². The van der Waals surface area contributed by atoms with Crippen LogP contribution in [0.3, 0.4) is 0 Å². The molecule has 0 N–H and O–H groups in total. The van der Waals surface area contributed by atoms with Crippen molar-refractivity contribution in [2.45, 2.75) is 0 Å². The van der Waals surface area contributed by atoms with Gasteiger partial charge in [0.2, 0.25) is 0 Å². The number of halogens is 1. The molecule has 1 amide bonds. The molecular weight excluding hydrogens is 214 g/mol. The third-order valence-corrected chi connectivity index (χ3v) is 2.55. The van der Waals surface area contributed by atoms with Gasteiger partial charge in [-0.1, -0.05) is 11.6 Å². The molecule has 0 aliphatic carbocycles. The zero-order valence-electron chi connectivity index (χ0n) is 7.85. The molecule has 1 aliphatic heterocycles. The molecule has 0 saturated carbocycles. The highest BCUT2D eigenvalue weighted by molar-refractivity contribution is 6.29. The van der Waals surface area contributed by atoms with E-state index in [9.17, 15) is 4.79 Å². The van der Waals surface area contributed by atoms with Crippen molar-refractivity contribution in [3.8, 4) is 6.07 Å². The molecule has 1 aliphatic rings. The largest absolute Gasteiger partial charge is 0.336 e. The molecule has 1 saturated heterocycles. The van der Waals surface area contributed by atoms with Gasteiger partial charge in [-0.15, -0.1) is 0 Å². The molecule has 15 heavy (non-hydrogen) atoms. The van der Waals surface area contributed by atoms with E-state index in [-0.39, 0.29) is 11.8 Å². The normalized spacial score (nSPS) is 15.6. The first-order valence-electron chi connectivity index (χ1n) is 4.51. The van der Waals surface area contributed by atoms with E-state index in [0.717, 1.165) is 0 Å². The molecule has 5 heteroatoms. The Morgan fingerprint density at radius 2 is 2.33 bits per heavy atom. The third kappa shape index (κ3) is 1.92. The number of amides is 1. The third-order valence-electron chi connectivity index (χ3n) is 2.33. The summed E-state index contributed by atoms with van der Waals surface area (Å²) in [4.78, 5) is 17.2. The SMILES string of the molecule is N#CC1CN(C(=O)c2ccc(Cl)nc2)C1. The second-order valence-corrected chi connectivity index (χ2v) is 3.79. The van der Waals surface area contributed by atoms with Gasteiger partial charge in [0.25, 0.3) is 5.91 Å². The van der Waals surface area contributed by atoms with Gasteiger partial charge in [0, 0.05) is 19.3 Å². The summed E-state index contributed by atoms with van der Waals surface area (Å²) >= 11 is 5.61. The van der Waals surface area contributed by atoms with Crippen molar-refractivity contribution in [2.24, 2.45) is 5.92 Å². The Kier molecular flexibility index (Phi) is 2.57. The van der Waals surface area contributed by atoms with E-state index in [1.54, 1.807) is 17.0 Å². The highest BCUT2D eigenvalue weighted by Gasteiger charge is 2.30. The lowest BCUT2D eigenvalue weighted by molar-refractivity contribution is 0.0577. The number of likely N-dealkylation sites (tertiary alicyclic amines) is 1. The summed E-state index contributed by atoms with van der Waals surface area (Å²) < 4.78 is 0. The summed E-state index contributed by atoms with van der Waals surface area (Å²) in [7, 11) is 0. The first-order valence-corrected chi connectivity index (χ1v) is 4.89. The number of hydrogen-bond donors (Lipinski definition) is 0. The minimum absolute atomic E-state index is 0.0193. The average molecular weight is 222 g/mol. The monoisotopic (exact) mass is 221 g/mol. The molecule has 4 nitrogen and oxygen atoms in total. The van der Waals surface area contributed by atoms with Crippen LogP contribution in [0.4, 0.5) is 0 Å². The number of hydrogen-bond acceptors (Lipinski definition) is 3. The van der Waals surface area contributed by atoms with Crippen molar-refractivity contribution < 1.29 is 4.79 Å². The summed E-state index contributed by atoms with van der Waals surface area (Å²) in [5, 5.41) is 8.94. The van der Waals surface area contributed by atoms with Gasteiger partial charge >= 0.3 is 0 Å². The van der Waals surface area contributed by atoms with Crippen LogP contribution in [0.5, 0.6) is 0 Å². The molecule has 76 valence electrons. The number of pyridine rings is 1. The molecule has 0 bridgehead atoms. The smallest absolute Gasteiger partial charge is 0.255 e. The van der Waals surface area contributed by atoms with Gasteiger partial charge in [-0.25, -0.2) is 4.98 Å². The van der Waals surface area contributed by atoms with Crippen LogP contribution in [0.1, 0.15) is 10.4 Å². The number of carbonyl (C=O) groups is 1. The molecule has 0 aromatic carbocycles. The van der Waals surface area contributed by atoms with Crippen LogP contribution in [0.25, 0.3) is 0 Å². The number of carbonyl (C=O) groups excluding carboxylic acids is 1. The number of aromatic nitrogens is 1. The topological polar surface area (TPSA) is 57.0 Å². The zero-order valence-corrected chi connectivity index (χ0v) is 8.61. The second-order valence-electron chi connectivity index (χ2n) is 3.41. The van der Waals surface area contributed by atoms with E-state index in [0.29, 0.717) is 23.8 Å². The molecule has 1 aromatic heterocycles. The second kappa shape index (κ2) is 3.87. The fourth-order valence-electron chi connectivity index (χ4n) is 1.41. The number of nitrogens with zero attached hydrogens (tertiary/aromatic N) is 3. The first kappa shape index (κ1) is 9.94. The van der Waals surface area contributed by atoms with Gasteiger partial charge < -0.3 is 4.90 Å². The zero-order chi connectivity index (χ0) is 10.8. The van der Waals surface area contributed by atoms with E-state index >= 15 is 0 Å². The van der Waals surface area contributed by atoms with Crippen molar-refractivity contribution in [1.82, 2.24) is 9.88 Å². The molecule has 1 fully saturated rings. The number of rotatable bonds is 1. The fraction of sp³-hybridized carbons (Fsp3) is 0.300. The fourth-order valence-corrected chi connectivity index (χ4v) is 1.52. The van der Waals surface area contributed by atoms with E-state index in [1.165, 1.54) is 6.20 Å². The van der Waals surface area contributed by atoms with Crippen LogP contribution >= 0.6 is 11.6 Å². The Morgan fingerprint density at radius 1 is 1.60 bits per heavy atom. The van der Waals surface area contributed by atoms with E-state index in [4.69, 9.17) is 16.9 Å². The van der Waals surface area contributed by atoms with Gasteiger partial charge in [0.05, 0.1) is 17.6 Å². The van der Waals surface area contributed by atoms with Crippen LogP contribution in [0.2, 0.25) is 5.15 Å². The highest BCUT2D eigenvalue weighted by Crippen LogP contribution is 2.17. The molecule has 1 aromatic rings. The molecule has 0 spiro atoms. The maximum atomic E-state index is 11.7. The number of nitriles is 1. The van der Waals surface area contributed by atoms with Crippen molar-refractivity contribution >= 4 is 17.5 Å². The van der Waals surface area contributed by atoms with Gasteiger partial charge in [-0.05, 0) is 12.1 Å². The molecule has 0 unspecified atom stereocenters. The standard InChI is InChI=1S/C10H8ClN3O/c11-9-2-1-8(4-13-9)10(15)14-5-7(3-12)6-14/h1-2,4,7H,5-6H2. The van der Waals surface area contributed by atoms with Crippen LogP contribution in [0.15, 0.2) is 18.3 Å². The van der Waals surface area contributed by atoms with E-state index < -0.39 is 0 Å². The maximum absolute atomic E-state index is 11.7. The van der Waals surface area contributed by atoms with Crippen molar-refractivity contribution in [1.29, 1.82) is 5.26 Å². The van der Waals surface area contributed by atoms with Gasteiger partial charge in [0.15, 0.2) is 0 Å². The van der Waals surface area contributed by atoms with Gasteiger partial charge in [-0.2, -0.15) is 5.26 Å². The molecule has 2 rings (SSSR count). The Balaban J connectivity index is 2.04. The Hall–Kier alpha value is -1.60.